The number of aryl methyl sites for hydroxylation is 1. The summed E-state index contributed by atoms with van der Waals surface area (Å²) < 4.78 is 53.8. The Balaban J connectivity index is 2.47. The van der Waals surface area contributed by atoms with E-state index in [2.05, 4.69) is 15.9 Å². The summed E-state index contributed by atoms with van der Waals surface area (Å²) >= 11 is 2.93. The number of hydrogen-bond acceptors (Lipinski definition) is 2. The van der Waals surface area contributed by atoms with Crippen LogP contribution in [0.2, 0.25) is 0 Å². The summed E-state index contributed by atoms with van der Waals surface area (Å²) in [5, 5.41) is 0. The summed E-state index contributed by atoms with van der Waals surface area (Å²) in [5.41, 5.74) is -0.214. The summed E-state index contributed by atoms with van der Waals surface area (Å²) in [5.74, 6) is -1.98. The number of nitrogens with one attached hydrogen (secondary N) is 1. The number of benzene rings is 2. The molecule has 0 atom stereocenters. The van der Waals surface area contributed by atoms with Crippen molar-refractivity contribution >= 4 is 31.6 Å². The molecule has 2 aromatic rings. The Kier molecular flexibility index (Phi) is 4.10. The van der Waals surface area contributed by atoms with Crippen LogP contribution in [0.25, 0.3) is 0 Å². The zero-order valence-corrected chi connectivity index (χ0v) is 12.7. The Labute approximate surface area is 123 Å². The van der Waals surface area contributed by atoms with Gasteiger partial charge in [0.25, 0.3) is 10.0 Å². The lowest BCUT2D eigenvalue weighted by Gasteiger charge is -2.11. The van der Waals surface area contributed by atoms with Crippen molar-refractivity contribution in [1.29, 1.82) is 0 Å². The molecule has 0 saturated heterocycles. The highest BCUT2D eigenvalue weighted by atomic mass is 79.9. The van der Waals surface area contributed by atoms with Crippen molar-refractivity contribution in [3.8, 4) is 0 Å². The normalized spacial score (nSPS) is 11.4. The first kappa shape index (κ1) is 14.9. The molecule has 0 saturated carbocycles. The smallest absolute Gasteiger partial charge is 0.262 e. The summed E-state index contributed by atoms with van der Waals surface area (Å²) in [6.07, 6.45) is 0. The first-order valence-electron chi connectivity index (χ1n) is 5.54. The highest BCUT2D eigenvalue weighted by Crippen LogP contribution is 2.26. The summed E-state index contributed by atoms with van der Waals surface area (Å²) in [7, 11) is -4.05. The fraction of sp³-hybridized carbons (Fsp3) is 0.0769. The predicted octanol–water partition coefficient (Wildman–Crippen LogP) is 3.84. The number of sulfonamides is 1. The van der Waals surface area contributed by atoms with E-state index in [0.717, 1.165) is 12.1 Å². The van der Waals surface area contributed by atoms with Crippen molar-refractivity contribution in [2.24, 2.45) is 0 Å². The van der Waals surface area contributed by atoms with Gasteiger partial charge in [-0.2, -0.15) is 0 Å². The van der Waals surface area contributed by atoms with Gasteiger partial charge < -0.3 is 0 Å². The van der Waals surface area contributed by atoms with Crippen LogP contribution in [-0.2, 0) is 10.0 Å². The largest absolute Gasteiger partial charge is 0.274 e. The van der Waals surface area contributed by atoms with Crippen molar-refractivity contribution in [2.75, 3.05) is 4.72 Å². The molecule has 0 fully saturated rings. The van der Waals surface area contributed by atoms with Crippen LogP contribution in [0.1, 0.15) is 5.56 Å². The summed E-state index contributed by atoms with van der Waals surface area (Å²) in [4.78, 5) is -0.0262. The van der Waals surface area contributed by atoms with Gasteiger partial charge in [0.15, 0.2) is 11.6 Å². The molecule has 0 aliphatic heterocycles. The Morgan fingerprint density at radius 2 is 1.65 bits per heavy atom. The van der Waals surface area contributed by atoms with Crippen LogP contribution in [0, 0.1) is 18.6 Å². The molecule has 0 bridgehead atoms. The third kappa shape index (κ3) is 2.99. The van der Waals surface area contributed by atoms with E-state index < -0.39 is 27.3 Å². The Hall–Kier alpha value is -1.47. The molecule has 106 valence electrons. The van der Waals surface area contributed by atoms with Crippen molar-refractivity contribution < 1.29 is 17.2 Å². The van der Waals surface area contributed by atoms with Crippen LogP contribution in [-0.4, -0.2) is 8.42 Å². The molecule has 0 amide bonds. The van der Waals surface area contributed by atoms with Gasteiger partial charge in [-0.3, -0.25) is 4.72 Å². The number of hydrogen-bond donors (Lipinski definition) is 1. The molecule has 0 unspecified atom stereocenters. The minimum Gasteiger partial charge on any atom is -0.274 e. The van der Waals surface area contributed by atoms with Crippen LogP contribution in [0.5, 0.6) is 0 Å². The minimum absolute atomic E-state index is 0.0262. The average molecular weight is 362 g/mol. The summed E-state index contributed by atoms with van der Waals surface area (Å²) in [6, 6.07) is 8.15. The Morgan fingerprint density at radius 1 is 1.10 bits per heavy atom. The molecular formula is C13H10BrF2NO2S. The zero-order valence-electron chi connectivity index (χ0n) is 10.3. The van der Waals surface area contributed by atoms with Gasteiger partial charge in [-0.15, -0.1) is 0 Å². The predicted molar refractivity (Wildman–Crippen MR) is 76.0 cm³/mol. The molecule has 0 heterocycles. The zero-order chi connectivity index (χ0) is 14.9. The van der Waals surface area contributed by atoms with E-state index in [1.165, 1.54) is 12.1 Å². The first-order chi connectivity index (χ1) is 9.31. The summed E-state index contributed by atoms with van der Waals surface area (Å²) in [6.45, 7) is 1.60. The van der Waals surface area contributed by atoms with E-state index >= 15 is 0 Å². The van der Waals surface area contributed by atoms with Gasteiger partial charge in [-0.1, -0.05) is 34.1 Å². The lowest BCUT2D eigenvalue weighted by atomic mass is 10.2. The molecule has 0 spiro atoms. The quantitative estimate of drug-likeness (QED) is 0.902. The van der Waals surface area contributed by atoms with Gasteiger partial charge in [0, 0.05) is 4.47 Å². The van der Waals surface area contributed by atoms with E-state index in [1.54, 1.807) is 19.1 Å². The Morgan fingerprint density at radius 3 is 2.20 bits per heavy atom. The maximum Gasteiger partial charge on any atom is 0.262 e. The van der Waals surface area contributed by atoms with Crippen molar-refractivity contribution in [3.63, 3.8) is 0 Å². The average Bonchev–Trinajstić information content (AvgIpc) is 2.34. The van der Waals surface area contributed by atoms with E-state index in [9.17, 15) is 17.2 Å². The molecule has 1 N–H and O–H groups in total. The van der Waals surface area contributed by atoms with E-state index in [4.69, 9.17) is 0 Å². The lowest BCUT2D eigenvalue weighted by molar-refractivity contribution is 0.581. The van der Waals surface area contributed by atoms with Crippen molar-refractivity contribution in [2.45, 2.75) is 11.8 Å². The van der Waals surface area contributed by atoms with Crippen molar-refractivity contribution in [3.05, 3.63) is 58.1 Å². The highest BCUT2D eigenvalue weighted by molar-refractivity contribution is 9.10. The van der Waals surface area contributed by atoms with E-state index in [-0.39, 0.29) is 9.37 Å². The molecule has 3 nitrogen and oxygen atoms in total. The van der Waals surface area contributed by atoms with Gasteiger partial charge in [-0.05, 0) is 30.7 Å². The fourth-order valence-electron chi connectivity index (χ4n) is 1.69. The molecule has 2 aromatic carbocycles. The maximum atomic E-state index is 13.7. The van der Waals surface area contributed by atoms with Crippen LogP contribution >= 0.6 is 15.9 Å². The van der Waals surface area contributed by atoms with Gasteiger partial charge in [0.1, 0.15) is 5.69 Å². The lowest BCUT2D eigenvalue weighted by Crippen LogP contribution is -2.16. The minimum atomic E-state index is -4.05. The van der Waals surface area contributed by atoms with E-state index in [1.807, 2.05) is 4.72 Å². The fourth-order valence-corrected chi connectivity index (χ4v) is 3.41. The first-order valence-corrected chi connectivity index (χ1v) is 7.82. The number of rotatable bonds is 3. The molecule has 7 heteroatoms. The second-order valence-corrected chi connectivity index (χ2v) is 6.68. The van der Waals surface area contributed by atoms with E-state index in [0.29, 0.717) is 5.56 Å². The van der Waals surface area contributed by atoms with Gasteiger partial charge in [-0.25, -0.2) is 17.2 Å². The van der Waals surface area contributed by atoms with Crippen LogP contribution in [0.3, 0.4) is 0 Å². The standard InChI is InChI=1S/C13H10BrF2NO2S/c1-8-4-2-3-5-12(8)20(18,19)17-13-10(15)6-9(14)7-11(13)16/h2-7,17H,1H3. The molecule has 0 aliphatic carbocycles. The van der Waals surface area contributed by atoms with Gasteiger partial charge >= 0.3 is 0 Å². The number of anilines is 1. The van der Waals surface area contributed by atoms with Gasteiger partial charge in [0.05, 0.1) is 4.90 Å². The molecule has 0 radical (unpaired) electrons. The third-order valence-corrected chi connectivity index (χ3v) is 4.59. The SMILES string of the molecule is Cc1ccccc1S(=O)(=O)Nc1c(F)cc(Br)cc1F. The van der Waals surface area contributed by atoms with Crippen molar-refractivity contribution in [1.82, 2.24) is 0 Å². The second-order valence-electron chi connectivity index (χ2n) is 4.12. The molecule has 2 rings (SSSR count). The Bertz CT molecular complexity index is 740. The maximum absolute atomic E-state index is 13.7. The monoisotopic (exact) mass is 361 g/mol. The second kappa shape index (κ2) is 5.49. The van der Waals surface area contributed by atoms with Crippen LogP contribution < -0.4 is 4.72 Å². The topological polar surface area (TPSA) is 46.2 Å². The highest BCUT2D eigenvalue weighted by Gasteiger charge is 2.21. The van der Waals surface area contributed by atoms with Crippen LogP contribution in [0.15, 0.2) is 45.8 Å². The molecule has 20 heavy (non-hydrogen) atoms. The third-order valence-electron chi connectivity index (χ3n) is 2.63. The number of halogens is 3. The van der Waals surface area contributed by atoms with Crippen LogP contribution in [0.4, 0.5) is 14.5 Å². The van der Waals surface area contributed by atoms with Gasteiger partial charge in [0.2, 0.25) is 0 Å². The molecule has 0 aliphatic rings. The molecular weight excluding hydrogens is 352 g/mol. The molecule has 0 aromatic heterocycles.